The zero-order valence-electron chi connectivity index (χ0n) is 21.1. The van der Waals surface area contributed by atoms with Gasteiger partial charge in [0, 0.05) is 35.1 Å². The fourth-order valence-electron chi connectivity index (χ4n) is 6.21. The van der Waals surface area contributed by atoms with Gasteiger partial charge in [-0.1, -0.05) is 54.6 Å². The smallest absolute Gasteiger partial charge is 0.255 e. The largest absolute Gasteiger partial charge is 0.464 e. The Morgan fingerprint density at radius 2 is 1.79 bits per heavy atom. The van der Waals surface area contributed by atoms with Crippen LogP contribution in [-0.4, -0.2) is 40.8 Å². The van der Waals surface area contributed by atoms with Crippen molar-refractivity contribution in [3.63, 3.8) is 0 Å². The highest BCUT2D eigenvalue weighted by molar-refractivity contribution is 6.12. The lowest BCUT2D eigenvalue weighted by molar-refractivity contribution is 0.0697. The highest BCUT2D eigenvalue weighted by Gasteiger charge is 2.54. The molecule has 0 spiro atoms. The molecule has 2 aromatic heterocycles. The van der Waals surface area contributed by atoms with Crippen LogP contribution < -0.4 is 5.32 Å². The maximum Gasteiger partial charge on any atom is 0.255 e. The molecule has 3 atom stereocenters. The number of pyridine rings is 1. The molecule has 6 nitrogen and oxygen atoms in total. The second-order valence-electron chi connectivity index (χ2n) is 10.4. The number of fused-ring (bicyclic) bond motifs is 3. The Hall–Kier alpha value is -4.45. The van der Waals surface area contributed by atoms with E-state index in [4.69, 9.17) is 9.40 Å². The molecule has 1 saturated heterocycles. The molecule has 2 fully saturated rings. The Kier molecular flexibility index (Phi) is 5.28. The van der Waals surface area contributed by atoms with Gasteiger partial charge in [0.15, 0.2) is 0 Å². The molecular formula is C32H27N3O3. The van der Waals surface area contributed by atoms with Crippen LogP contribution in [0.4, 0.5) is 0 Å². The summed E-state index contributed by atoms with van der Waals surface area (Å²) in [5.74, 6) is 0.767. The minimum atomic E-state index is -0.149. The first-order valence-electron chi connectivity index (χ1n) is 13.1. The first kappa shape index (κ1) is 22.7. The number of carbonyl (C=O) groups is 2. The minimum absolute atomic E-state index is 0.00828. The van der Waals surface area contributed by atoms with Crippen molar-refractivity contribution in [1.82, 2.24) is 15.2 Å². The molecule has 1 aliphatic carbocycles. The molecule has 1 N–H and O–H groups in total. The fraction of sp³-hybridized carbons (Fsp3) is 0.219. The van der Waals surface area contributed by atoms with Crippen LogP contribution in [-0.2, 0) is 0 Å². The van der Waals surface area contributed by atoms with Gasteiger partial charge in [0.1, 0.15) is 5.58 Å². The van der Waals surface area contributed by atoms with Gasteiger partial charge in [0.05, 0.1) is 28.9 Å². The summed E-state index contributed by atoms with van der Waals surface area (Å²) in [5.41, 5.74) is 5.47. The number of piperidine rings is 1. The van der Waals surface area contributed by atoms with Crippen molar-refractivity contribution in [2.75, 3.05) is 13.1 Å². The first-order valence-corrected chi connectivity index (χ1v) is 13.1. The van der Waals surface area contributed by atoms with Gasteiger partial charge in [-0.2, -0.15) is 0 Å². The summed E-state index contributed by atoms with van der Waals surface area (Å²) < 4.78 is 5.46. The van der Waals surface area contributed by atoms with Crippen molar-refractivity contribution in [1.29, 1.82) is 0 Å². The van der Waals surface area contributed by atoms with Gasteiger partial charge in [-0.15, -0.1) is 0 Å². The predicted octanol–water partition coefficient (Wildman–Crippen LogP) is 5.85. The Morgan fingerprint density at radius 1 is 0.974 bits per heavy atom. The van der Waals surface area contributed by atoms with Crippen LogP contribution in [0.2, 0.25) is 0 Å². The number of nitrogens with zero attached hydrogens (tertiary/aromatic N) is 2. The van der Waals surface area contributed by atoms with Gasteiger partial charge < -0.3 is 14.6 Å². The zero-order valence-corrected chi connectivity index (χ0v) is 21.1. The monoisotopic (exact) mass is 501 g/mol. The van der Waals surface area contributed by atoms with E-state index in [-0.39, 0.29) is 17.9 Å². The topological polar surface area (TPSA) is 75.4 Å². The summed E-state index contributed by atoms with van der Waals surface area (Å²) in [6.45, 7) is 3.11. The van der Waals surface area contributed by atoms with Crippen LogP contribution in [0.5, 0.6) is 0 Å². The van der Waals surface area contributed by atoms with Crippen LogP contribution in [0.3, 0.4) is 0 Å². The molecule has 3 aromatic carbocycles. The highest BCUT2D eigenvalue weighted by atomic mass is 16.3. The van der Waals surface area contributed by atoms with E-state index in [1.807, 2.05) is 90.7 Å². The molecule has 2 aliphatic rings. The SMILES string of the molecule is Cc1nc2ccccc2c(C(=O)N2C[C@H]3C[C@H]3[C@H]2CNC(=O)c2cccc3occc23)c1-c1ccccc1. The minimum Gasteiger partial charge on any atom is -0.464 e. The molecule has 2 amide bonds. The number of benzene rings is 3. The van der Waals surface area contributed by atoms with Crippen molar-refractivity contribution in [2.24, 2.45) is 11.8 Å². The third kappa shape index (κ3) is 3.67. The summed E-state index contributed by atoms with van der Waals surface area (Å²) in [4.78, 5) is 34.4. The number of para-hydroxylation sites is 1. The number of furan rings is 1. The summed E-state index contributed by atoms with van der Waals surface area (Å²) in [5, 5.41) is 4.77. The third-order valence-electron chi connectivity index (χ3n) is 8.13. The van der Waals surface area contributed by atoms with E-state index < -0.39 is 0 Å². The van der Waals surface area contributed by atoms with Crippen LogP contribution in [0.1, 0.15) is 32.8 Å². The summed E-state index contributed by atoms with van der Waals surface area (Å²) in [7, 11) is 0. The molecule has 38 heavy (non-hydrogen) atoms. The van der Waals surface area contributed by atoms with Crippen LogP contribution in [0.15, 0.2) is 89.5 Å². The van der Waals surface area contributed by atoms with E-state index >= 15 is 0 Å². The van der Waals surface area contributed by atoms with Crippen LogP contribution in [0.25, 0.3) is 33.0 Å². The fourth-order valence-corrected chi connectivity index (χ4v) is 6.21. The van der Waals surface area contributed by atoms with Crippen molar-refractivity contribution in [3.8, 4) is 11.1 Å². The quantitative estimate of drug-likeness (QED) is 0.328. The van der Waals surface area contributed by atoms with Crippen molar-refractivity contribution in [3.05, 3.63) is 102 Å². The molecule has 0 unspecified atom stereocenters. The van der Waals surface area contributed by atoms with Gasteiger partial charge in [-0.25, -0.2) is 0 Å². The number of aryl methyl sites for hydroxylation is 1. The molecule has 5 aromatic rings. The average Bonchev–Trinajstić information content (AvgIpc) is 3.37. The Labute approximate surface area is 220 Å². The number of likely N-dealkylation sites (tertiary alicyclic amines) is 1. The Morgan fingerprint density at radius 3 is 2.66 bits per heavy atom. The van der Waals surface area contributed by atoms with Crippen LogP contribution in [0, 0.1) is 18.8 Å². The molecule has 7 rings (SSSR count). The first-order chi connectivity index (χ1) is 18.6. The molecule has 1 aliphatic heterocycles. The number of rotatable bonds is 5. The van der Waals surface area contributed by atoms with E-state index in [9.17, 15) is 9.59 Å². The number of hydrogen-bond donors (Lipinski definition) is 1. The second-order valence-corrected chi connectivity index (χ2v) is 10.4. The molecule has 0 radical (unpaired) electrons. The number of amides is 2. The number of nitrogens with one attached hydrogen (secondary N) is 1. The van der Waals surface area contributed by atoms with E-state index in [1.54, 1.807) is 6.26 Å². The summed E-state index contributed by atoms with van der Waals surface area (Å²) >= 11 is 0. The third-order valence-corrected chi connectivity index (χ3v) is 8.13. The lowest BCUT2D eigenvalue weighted by Crippen LogP contribution is -2.45. The zero-order chi connectivity index (χ0) is 25.8. The molecule has 3 heterocycles. The molecule has 188 valence electrons. The molecule has 0 bridgehead atoms. The lowest BCUT2D eigenvalue weighted by Gasteiger charge is -2.29. The normalized spacial score (nSPS) is 20.0. The number of aromatic nitrogens is 1. The predicted molar refractivity (Wildman–Crippen MR) is 147 cm³/mol. The van der Waals surface area contributed by atoms with Gasteiger partial charge in [-0.3, -0.25) is 14.6 Å². The lowest BCUT2D eigenvalue weighted by atomic mass is 9.93. The van der Waals surface area contributed by atoms with Gasteiger partial charge in [0.2, 0.25) is 0 Å². The Bertz CT molecular complexity index is 1710. The van der Waals surface area contributed by atoms with E-state index in [2.05, 4.69) is 5.32 Å². The second kappa shape index (κ2) is 8.84. The molecular weight excluding hydrogens is 474 g/mol. The summed E-state index contributed by atoms with van der Waals surface area (Å²) in [6, 6.07) is 25.1. The molecule has 6 heteroatoms. The van der Waals surface area contributed by atoms with Crippen LogP contribution >= 0.6 is 0 Å². The van der Waals surface area contributed by atoms with Crippen molar-refractivity contribution in [2.45, 2.75) is 19.4 Å². The number of carbonyl (C=O) groups excluding carboxylic acids is 2. The van der Waals surface area contributed by atoms with Gasteiger partial charge in [0.25, 0.3) is 11.8 Å². The van der Waals surface area contributed by atoms with E-state index in [1.165, 1.54) is 0 Å². The highest BCUT2D eigenvalue weighted by Crippen LogP contribution is 2.50. The standard InChI is InChI=1S/C32H27N3O3/c1-19-29(20-8-3-2-4-9-20)30(24-10-5-6-12-26(24)34-19)32(37)35-18-21-16-25(21)27(35)17-33-31(36)23-11-7-13-28-22(23)14-15-38-28/h2-15,21,25,27H,16-18H2,1H3,(H,33,36)/t21-,25-,27-/m1/s1. The van der Waals surface area contributed by atoms with Gasteiger partial charge in [-0.05, 0) is 55.0 Å². The average molecular weight is 502 g/mol. The van der Waals surface area contributed by atoms with E-state index in [0.717, 1.165) is 39.5 Å². The molecule has 1 saturated carbocycles. The maximum absolute atomic E-state index is 14.4. The van der Waals surface area contributed by atoms with Crippen molar-refractivity contribution < 1.29 is 14.0 Å². The van der Waals surface area contributed by atoms with Crippen molar-refractivity contribution >= 4 is 33.7 Å². The maximum atomic E-state index is 14.4. The Balaban J connectivity index is 1.23. The van der Waals surface area contributed by atoms with E-state index in [0.29, 0.717) is 41.6 Å². The summed E-state index contributed by atoms with van der Waals surface area (Å²) in [6.07, 6.45) is 2.70. The number of hydrogen-bond acceptors (Lipinski definition) is 4. The van der Waals surface area contributed by atoms with Gasteiger partial charge >= 0.3 is 0 Å².